The molecule has 0 atom stereocenters. The van der Waals surface area contributed by atoms with Gasteiger partial charge in [-0.3, -0.25) is 4.99 Å². The number of hydrogen-bond acceptors (Lipinski definition) is 3. The van der Waals surface area contributed by atoms with Crippen LogP contribution in [0.1, 0.15) is 34.1 Å². The average Bonchev–Trinajstić information content (AvgIpc) is 2.36. The maximum atomic E-state index is 5.54. The summed E-state index contributed by atoms with van der Waals surface area (Å²) in [7, 11) is 3.47. The van der Waals surface area contributed by atoms with Crippen LogP contribution in [0.5, 0.6) is 0 Å². The third kappa shape index (κ3) is 12.9. The minimum absolute atomic E-state index is 0. The summed E-state index contributed by atoms with van der Waals surface area (Å²) in [6, 6.07) is 0. The van der Waals surface area contributed by atoms with Crippen molar-refractivity contribution in [2.45, 2.75) is 39.7 Å². The highest BCUT2D eigenvalue weighted by Gasteiger charge is 2.16. The largest absolute Gasteiger partial charge is 0.380 e. The molecule has 0 saturated heterocycles. The maximum Gasteiger partial charge on any atom is 0.191 e. The quantitative estimate of drug-likeness (QED) is 0.269. The van der Waals surface area contributed by atoms with Gasteiger partial charge in [-0.15, -0.1) is 24.0 Å². The molecule has 0 rings (SSSR count). The van der Waals surface area contributed by atoms with E-state index < -0.39 is 0 Å². The molecule has 6 heteroatoms. The number of ether oxygens (including phenoxy) is 2. The van der Waals surface area contributed by atoms with Crippen molar-refractivity contribution >= 4 is 29.9 Å². The van der Waals surface area contributed by atoms with Crippen LogP contribution in [0, 0.1) is 5.92 Å². The molecule has 0 aromatic carbocycles. The number of nitrogens with zero attached hydrogens (tertiary/aromatic N) is 1. The Morgan fingerprint density at radius 3 is 2.35 bits per heavy atom. The zero-order chi connectivity index (χ0) is 14.7. The molecule has 2 N–H and O–H groups in total. The summed E-state index contributed by atoms with van der Waals surface area (Å²) in [5, 5.41) is 6.44. The summed E-state index contributed by atoms with van der Waals surface area (Å²) in [4.78, 5) is 4.15. The fourth-order valence-corrected chi connectivity index (χ4v) is 1.25. The molecular formula is C14H32IN3O2. The second-order valence-corrected chi connectivity index (χ2v) is 5.61. The van der Waals surface area contributed by atoms with Crippen molar-refractivity contribution in [1.82, 2.24) is 10.6 Å². The topological polar surface area (TPSA) is 54.9 Å². The summed E-state index contributed by atoms with van der Waals surface area (Å²) >= 11 is 0. The minimum atomic E-state index is -0.203. The number of nitrogens with one attached hydrogen (secondary N) is 2. The molecule has 20 heavy (non-hydrogen) atoms. The van der Waals surface area contributed by atoms with Crippen LogP contribution in [0.15, 0.2) is 4.99 Å². The molecule has 0 bridgehead atoms. The first-order valence-corrected chi connectivity index (χ1v) is 6.98. The van der Waals surface area contributed by atoms with Crippen molar-refractivity contribution in [2.75, 3.05) is 40.5 Å². The third-order valence-electron chi connectivity index (χ3n) is 2.84. The smallest absolute Gasteiger partial charge is 0.191 e. The molecule has 0 spiro atoms. The van der Waals surface area contributed by atoms with E-state index in [1.807, 2.05) is 13.8 Å². The van der Waals surface area contributed by atoms with Gasteiger partial charge in [-0.05, 0) is 26.2 Å². The van der Waals surface area contributed by atoms with Crippen molar-refractivity contribution in [3.8, 4) is 0 Å². The number of hydrogen-bond donors (Lipinski definition) is 2. The summed E-state index contributed by atoms with van der Waals surface area (Å²) < 4.78 is 10.9. The van der Waals surface area contributed by atoms with Crippen LogP contribution in [0.25, 0.3) is 0 Å². The monoisotopic (exact) mass is 401 g/mol. The lowest BCUT2D eigenvalue weighted by atomic mass is 10.1. The Bertz CT molecular complexity index is 259. The Balaban J connectivity index is 0. The van der Waals surface area contributed by atoms with Crippen molar-refractivity contribution in [3.05, 3.63) is 0 Å². The van der Waals surface area contributed by atoms with Crippen LogP contribution in [-0.2, 0) is 9.47 Å². The van der Waals surface area contributed by atoms with E-state index in [9.17, 15) is 0 Å². The van der Waals surface area contributed by atoms with Crippen LogP contribution in [0.4, 0.5) is 0 Å². The van der Waals surface area contributed by atoms with E-state index in [0.29, 0.717) is 19.1 Å². The molecule has 0 radical (unpaired) electrons. The molecule has 0 saturated carbocycles. The molecule has 0 amide bonds. The van der Waals surface area contributed by atoms with E-state index in [0.717, 1.165) is 25.5 Å². The minimum Gasteiger partial charge on any atom is -0.380 e. The molecule has 122 valence electrons. The molecule has 0 aliphatic rings. The summed E-state index contributed by atoms with van der Waals surface area (Å²) in [5.74, 6) is 1.47. The van der Waals surface area contributed by atoms with E-state index in [4.69, 9.17) is 9.47 Å². The van der Waals surface area contributed by atoms with Crippen molar-refractivity contribution < 1.29 is 9.47 Å². The normalized spacial score (nSPS) is 12.2. The van der Waals surface area contributed by atoms with Gasteiger partial charge in [0.1, 0.15) is 0 Å². The van der Waals surface area contributed by atoms with E-state index in [1.165, 1.54) is 0 Å². The van der Waals surface area contributed by atoms with Gasteiger partial charge < -0.3 is 20.1 Å². The molecular weight excluding hydrogens is 369 g/mol. The number of methoxy groups -OCH3 is 1. The van der Waals surface area contributed by atoms with Crippen LogP contribution in [0.3, 0.4) is 0 Å². The van der Waals surface area contributed by atoms with Gasteiger partial charge in [0.05, 0.1) is 12.2 Å². The van der Waals surface area contributed by atoms with Gasteiger partial charge in [0, 0.05) is 33.9 Å². The first-order valence-electron chi connectivity index (χ1n) is 6.98. The lowest BCUT2D eigenvalue weighted by Crippen LogP contribution is -2.46. The number of rotatable bonds is 9. The Morgan fingerprint density at radius 1 is 1.20 bits per heavy atom. The molecule has 0 heterocycles. The molecule has 0 aromatic heterocycles. The maximum absolute atomic E-state index is 5.54. The molecule has 0 aliphatic carbocycles. The Kier molecular flexibility index (Phi) is 14.0. The number of halogens is 1. The van der Waals surface area contributed by atoms with E-state index >= 15 is 0 Å². The SMILES string of the molecule is CN=C(NCCOCCC(C)C)NCC(C)(C)OC.I. The lowest BCUT2D eigenvalue weighted by Gasteiger charge is -2.24. The lowest BCUT2D eigenvalue weighted by molar-refractivity contribution is 0.0268. The molecule has 5 nitrogen and oxygen atoms in total. The predicted octanol–water partition coefficient (Wildman–Crippen LogP) is 2.26. The van der Waals surface area contributed by atoms with Crippen LogP contribution in [0.2, 0.25) is 0 Å². The zero-order valence-corrected chi connectivity index (χ0v) is 16.1. The van der Waals surface area contributed by atoms with Crippen LogP contribution >= 0.6 is 24.0 Å². The Morgan fingerprint density at radius 2 is 1.85 bits per heavy atom. The summed E-state index contributed by atoms with van der Waals surface area (Å²) in [5.41, 5.74) is -0.203. The fourth-order valence-electron chi connectivity index (χ4n) is 1.25. The Labute approximate surface area is 141 Å². The third-order valence-corrected chi connectivity index (χ3v) is 2.84. The number of aliphatic imine (C=N–C) groups is 1. The van der Waals surface area contributed by atoms with Gasteiger partial charge in [-0.25, -0.2) is 0 Å². The predicted molar refractivity (Wildman–Crippen MR) is 96.1 cm³/mol. The first kappa shape index (κ1) is 22.2. The van der Waals surface area contributed by atoms with Gasteiger partial charge in [0.2, 0.25) is 0 Å². The second kappa shape index (κ2) is 12.6. The zero-order valence-electron chi connectivity index (χ0n) is 13.8. The molecule has 0 fully saturated rings. The fraction of sp³-hybridized carbons (Fsp3) is 0.929. The summed E-state index contributed by atoms with van der Waals surface area (Å²) in [6.07, 6.45) is 1.11. The van der Waals surface area contributed by atoms with Gasteiger partial charge in [0.25, 0.3) is 0 Å². The second-order valence-electron chi connectivity index (χ2n) is 5.61. The van der Waals surface area contributed by atoms with Crippen LogP contribution in [-0.4, -0.2) is 52.0 Å². The molecule has 0 aliphatic heterocycles. The van der Waals surface area contributed by atoms with Gasteiger partial charge in [0.15, 0.2) is 5.96 Å². The highest BCUT2D eigenvalue weighted by Crippen LogP contribution is 2.04. The molecule has 0 aromatic rings. The number of guanidine groups is 1. The van der Waals surface area contributed by atoms with E-state index in [-0.39, 0.29) is 29.6 Å². The van der Waals surface area contributed by atoms with E-state index in [1.54, 1.807) is 14.2 Å². The molecule has 0 unspecified atom stereocenters. The highest BCUT2D eigenvalue weighted by molar-refractivity contribution is 14.0. The van der Waals surface area contributed by atoms with Gasteiger partial charge in [-0.1, -0.05) is 13.8 Å². The van der Waals surface area contributed by atoms with Crippen molar-refractivity contribution in [1.29, 1.82) is 0 Å². The Hall–Kier alpha value is -0.0800. The first-order chi connectivity index (χ1) is 8.91. The van der Waals surface area contributed by atoms with Gasteiger partial charge in [-0.2, -0.15) is 0 Å². The standard InChI is InChI=1S/C14H31N3O2.HI/c1-12(2)7-9-19-10-8-16-13(15-5)17-11-14(3,4)18-6;/h12H,7-11H2,1-6H3,(H2,15,16,17);1H. The highest BCUT2D eigenvalue weighted by atomic mass is 127. The van der Waals surface area contributed by atoms with Crippen LogP contribution < -0.4 is 10.6 Å². The summed E-state index contributed by atoms with van der Waals surface area (Å²) in [6.45, 7) is 11.4. The van der Waals surface area contributed by atoms with Crippen molar-refractivity contribution in [2.24, 2.45) is 10.9 Å². The van der Waals surface area contributed by atoms with Gasteiger partial charge >= 0.3 is 0 Å². The van der Waals surface area contributed by atoms with E-state index in [2.05, 4.69) is 29.5 Å². The van der Waals surface area contributed by atoms with Crippen molar-refractivity contribution in [3.63, 3.8) is 0 Å². The average molecular weight is 401 g/mol.